The van der Waals surface area contributed by atoms with E-state index in [1.54, 1.807) is 0 Å². The second-order valence-corrected chi connectivity index (χ2v) is 6.65. The highest BCUT2D eigenvalue weighted by molar-refractivity contribution is 9.10. The van der Waals surface area contributed by atoms with E-state index >= 15 is 0 Å². The number of alkyl halides is 3. The molecule has 1 unspecified atom stereocenters. The first-order valence-corrected chi connectivity index (χ1v) is 8.24. The van der Waals surface area contributed by atoms with Crippen LogP contribution in [0, 0.1) is 0 Å². The minimum atomic E-state index is -4.71. The molecule has 0 radical (unpaired) electrons. The van der Waals surface area contributed by atoms with E-state index in [1.807, 2.05) is 44.2 Å². The molecule has 0 aliphatic rings. The van der Waals surface area contributed by atoms with Crippen LogP contribution in [0.25, 0.3) is 0 Å². The topological polar surface area (TPSA) is 29.5 Å². The summed E-state index contributed by atoms with van der Waals surface area (Å²) in [4.78, 5) is 0. The first-order valence-electron chi connectivity index (χ1n) is 7.45. The molecule has 0 aliphatic heterocycles. The van der Waals surface area contributed by atoms with Crippen molar-refractivity contribution in [3.8, 4) is 5.75 Å². The molecule has 0 heterocycles. The van der Waals surface area contributed by atoms with Crippen LogP contribution in [0.4, 0.5) is 13.2 Å². The normalized spacial score (nSPS) is 13.2. The van der Waals surface area contributed by atoms with E-state index in [9.17, 15) is 18.3 Å². The van der Waals surface area contributed by atoms with E-state index in [4.69, 9.17) is 4.74 Å². The molecule has 2 rings (SSSR count). The van der Waals surface area contributed by atoms with Crippen molar-refractivity contribution in [1.82, 2.24) is 0 Å². The molecular weight excluding hydrogens is 385 g/mol. The molecule has 0 aromatic heterocycles. The largest absolute Gasteiger partial charge is 0.487 e. The zero-order valence-corrected chi connectivity index (χ0v) is 14.9. The van der Waals surface area contributed by atoms with Gasteiger partial charge in [-0.25, -0.2) is 0 Å². The van der Waals surface area contributed by atoms with E-state index in [1.165, 1.54) is 12.1 Å². The number of ether oxygens (including phenoxy) is 1. The van der Waals surface area contributed by atoms with Crippen molar-refractivity contribution >= 4 is 15.9 Å². The van der Waals surface area contributed by atoms with Crippen LogP contribution < -0.4 is 4.74 Å². The summed E-state index contributed by atoms with van der Waals surface area (Å²) in [5.74, 6) is 0.430. The maximum Gasteiger partial charge on any atom is 0.418 e. The van der Waals surface area contributed by atoms with Gasteiger partial charge in [0.05, 0.1) is 4.47 Å². The van der Waals surface area contributed by atoms with Gasteiger partial charge in [-0.05, 0) is 50.7 Å². The predicted octanol–water partition coefficient (Wildman–Crippen LogP) is 5.75. The van der Waals surface area contributed by atoms with Crippen LogP contribution in [0.2, 0.25) is 0 Å². The van der Waals surface area contributed by atoms with Crippen LogP contribution in [0.5, 0.6) is 5.75 Å². The molecule has 0 spiro atoms. The van der Waals surface area contributed by atoms with E-state index < -0.39 is 12.3 Å². The lowest BCUT2D eigenvalue weighted by molar-refractivity contribution is -0.206. The van der Waals surface area contributed by atoms with Crippen LogP contribution in [0.1, 0.15) is 42.6 Å². The number of aliphatic hydroxyl groups excluding tert-OH is 1. The van der Waals surface area contributed by atoms with Gasteiger partial charge in [0, 0.05) is 0 Å². The molecule has 0 aliphatic carbocycles. The highest BCUT2D eigenvalue weighted by Crippen LogP contribution is 2.40. The van der Waals surface area contributed by atoms with Gasteiger partial charge in [-0.15, -0.1) is 0 Å². The molecule has 0 saturated carbocycles. The number of rotatable bonds is 5. The molecular formula is C18H18BrF3O2. The highest BCUT2D eigenvalue weighted by atomic mass is 79.9. The summed E-state index contributed by atoms with van der Waals surface area (Å²) in [5, 5.41) is 9.50. The Hall–Kier alpha value is -1.53. The van der Waals surface area contributed by atoms with Gasteiger partial charge in [-0.1, -0.05) is 44.2 Å². The zero-order valence-electron chi connectivity index (χ0n) is 13.3. The molecule has 1 atom stereocenters. The van der Waals surface area contributed by atoms with Crippen LogP contribution in [-0.4, -0.2) is 11.3 Å². The molecule has 0 fully saturated rings. The molecule has 130 valence electrons. The van der Waals surface area contributed by atoms with Crippen LogP contribution in [-0.2, 0) is 6.61 Å². The predicted molar refractivity (Wildman–Crippen MR) is 90.0 cm³/mol. The van der Waals surface area contributed by atoms with Crippen molar-refractivity contribution in [2.24, 2.45) is 0 Å². The molecule has 0 bridgehead atoms. The lowest BCUT2D eigenvalue weighted by Crippen LogP contribution is -2.20. The summed E-state index contributed by atoms with van der Waals surface area (Å²) in [5.41, 5.74) is 1.36. The molecule has 0 saturated heterocycles. The Morgan fingerprint density at radius 2 is 1.75 bits per heavy atom. The van der Waals surface area contributed by atoms with Gasteiger partial charge in [-0.2, -0.15) is 13.2 Å². The van der Waals surface area contributed by atoms with Crippen LogP contribution in [0.3, 0.4) is 0 Å². The molecule has 6 heteroatoms. The third-order valence-electron chi connectivity index (χ3n) is 3.57. The first-order chi connectivity index (χ1) is 11.2. The summed E-state index contributed by atoms with van der Waals surface area (Å²) >= 11 is 3.27. The number of hydrogen-bond acceptors (Lipinski definition) is 2. The standard InChI is InChI=1S/C18H18BrF3O2/c1-11(2)14-8-13(17(23)18(20,21)22)9-15(19)16(14)24-10-12-6-4-3-5-7-12/h3-9,11,17,23H,10H2,1-2H3. The fourth-order valence-electron chi connectivity index (χ4n) is 2.29. The molecule has 24 heavy (non-hydrogen) atoms. The van der Waals surface area contributed by atoms with Gasteiger partial charge >= 0.3 is 6.18 Å². The van der Waals surface area contributed by atoms with E-state index in [-0.39, 0.29) is 11.5 Å². The second-order valence-electron chi connectivity index (χ2n) is 5.79. The highest BCUT2D eigenvalue weighted by Gasteiger charge is 2.40. The third kappa shape index (κ3) is 4.51. The maximum absolute atomic E-state index is 12.8. The quantitative estimate of drug-likeness (QED) is 0.689. The van der Waals surface area contributed by atoms with Crippen molar-refractivity contribution in [1.29, 1.82) is 0 Å². The lowest BCUT2D eigenvalue weighted by atomic mass is 9.97. The second kappa shape index (κ2) is 7.57. The van der Waals surface area contributed by atoms with Crippen molar-refractivity contribution in [3.05, 3.63) is 63.6 Å². The Morgan fingerprint density at radius 3 is 2.29 bits per heavy atom. The third-order valence-corrected chi connectivity index (χ3v) is 4.16. The number of aliphatic hydroxyl groups is 1. The SMILES string of the molecule is CC(C)c1cc(C(O)C(F)(F)F)cc(Br)c1OCc1ccccc1. The van der Waals surface area contributed by atoms with Gasteiger partial charge in [-0.3, -0.25) is 0 Å². The van der Waals surface area contributed by atoms with Gasteiger partial charge < -0.3 is 9.84 Å². The average Bonchev–Trinajstić information content (AvgIpc) is 2.52. The molecule has 2 aromatic carbocycles. The molecule has 0 amide bonds. The summed E-state index contributed by atoms with van der Waals surface area (Å²) in [6, 6.07) is 12.1. The van der Waals surface area contributed by atoms with E-state index in [2.05, 4.69) is 15.9 Å². The Labute approximate surface area is 147 Å². The number of hydrogen-bond donors (Lipinski definition) is 1. The zero-order chi connectivity index (χ0) is 17.9. The molecule has 2 nitrogen and oxygen atoms in total. The Balaban J connectivity index is 2.34. The Morgan fingerprint density at radius 1 is 1.12 bits per heavy atom. The van der Waals surface area contributed by atoms with E-state index in [0.717, 1.165) is 5.56 Å². The average molecular weight is 403 g/mol. The Kier molecular flexibility index (Phi) is 5.93. The Bertz CT molecular complexity index is 685. The monoisotopic (exact) mass is 402 g/mol. The van der Waals surface area contributed by atoms with Gasteiger partial charge in [0.2, 0.25) is 0 Å². The fourth-order valence-corrected chi connectivity index (χ4v) is 2.90. The minimum Gasteiger partial charge on any atom is -0.487 e. The number of benzene rings is 2. The van der Waals surface area contributed by atoms with Gasteiger partial charge in [0.25, 0.3) is 0 Å². The van der Waals surface area contributed by atoms with E-state index in [0.29, 0.717) is 22.4 Å². The fraction of sp³-hybridized carbons (Fsp3) is 0.333. The summed E-state index contributed by atoms with van der Waals surface area (Å²) < 4.78 is 44.5. The van der Waals surface area contributed by atoms with Gasteiger partial charge in [0.1, 0.15) is 12.4 Å². The summed E-state index contributed by atoms with van der Waals surface area (Å²) in [7, 11) is 0. The van der Waals surface area contributed by atoms with Crippen molar-refractivity contribution in [2.75, 3.05) is 0 Å². The van der Waals surface area contributed by atoms with Crippen LogP contribution >= 0.6 is 15.9 Å². The van der Waals surface area contributed by atoms with Crippen LogP contribution in [0.15, 0.2) is 46.9 Å². The summed E-state index contributed by atoms with van der Waals surface area (Å²) in [6.45, 7) is 4.03. The lowest BCUT2D eigenvalue weighted by Gasteiger charge is -2.21. The smallest absolute Gasteiger partial charge is 0.418 e. The van der Waals surface area contributed by atoms with Crippen molar-refractivity contribution in [2.45, 2.75) is 38.7 Å². The first kappa shape index (κ1) is 18.8. The van der Waals surface area contributed by atoms with Crippen molar-refractivity contribution < 1.29 is 23.0 Å². The number of halogens is 4. The molecule has 2 aromatic rings. The van der Waals surface area contributed by atoms with Crippen molar-refractivity contribution in [3.63, 3.8) is 0 Å². The van der Waals surface area contributed by atoms with Gasteiger partial charge in [0.15, 0.2) is 6.10 Å². The molecule has 1 N–H and O–H groups in total. The minimum absolute atomic E-state index is 0.0625. The maximum atomic E-state index is 12.8. The summed E-state index contributed by atoms with van der Waals surface area (Å²) in [6.07, 6.45) is -7.23.